The molecule has 9 heteroatoms. The number of aliphatic hydroxyl groups is 1. The van der Waals surface area contributed by atoms with Gasteiger partial charge in [-0.3, -0.25) is 14.7 Å². The first kappa shape index (κ1) is 28.3. The highest BCUT2D eigenvalue weighted by atomic mass is 16.5. The van der Waals surface area contributed by atoms with Crippen LogP contribution in [0.1, 0.15) is 60.5 Å². The van der Waals surface area contributed by atoms with Crippen molar-refractivity contribution in [1.29, 1.82) is 0 Å². The number of methoxy groups -OCH3 is 2. The zero-order chi connectivity index (χ0) is 29.1. The summed E-state index contributed by atoms with van der Waals surface area (Å²) in [5.74, 6) is 0.349. The molecule has 0 bridgehead atoms. The van der Waals surface area contributed by atoms with Crippen molar-refractivity contribution in [1.82, 2.24) is 19.4 Å². The van der Waals surface area contributed by atoms with Gasteiger partial charge < -0.3 is 24.1 Å². The summed E-state index contributed by atoms with van der Waals surface area (Å²) in [6.45, 7) is 2.84. The number of carbonyl (C=O) groups excluding carboxylic acids is 1. The van der Waals surface area contributed by atoms with E-state index in [2.05, 4.69) is 42.6 Å². The number of para-hydroxylation sites is 1. The third-order valence-corrected chi connectivity index (χ3v) is 8.63. The fraction of sp³-hybridized carbons (Fsp3) is 0.424. The molecule has 2 aromatic carbocycles. The summed E-state index contributed by atoms with van der Waals surface area (Å²) in [5.41, 5.74) is 5.63. The third-order valence-electron chi connectivity index (χ3n) is 8.63. The van der Waals surface area contributed by atoms with Crippen molar-refractivity contribution in [2.24, 2.45) is 4.99 Å². The first-order chi connectivity index (χ1) is 20.5. The Hall–Kier alpha value is -3.79. The summed E-state index contributed by atoms with van der Waals surface area (Å²) < 4.78 is 13.3. The number of piperidine rings is 1. The fourth-order valence-corrected chi connectivity index (χ4v) is 6.39. The molecule has 0 radical (unpaired) electrons. The molecule has 0 spiro atoms. The van der Waals surface area contributed by atoms with Crippen molar-refractivity contribution in [3.63, 3.8) is 0 Å². The molecule has 2 N–H and O–H groups in total. The number of aromatic amines is 1. The Balaban J connectivity index is 1.35. The van der Waals surface area contributed by atoms with Crippen LogP contribution >= 0.6 is 0 Å². The lowest BCUT2D eigenvalue weighted by Gasteiger charge is -2.31. The predicted molar refractivity (Wildman–Crippen MR) is 161 cm³/mol. The molecule has 1 amide bonds. The van der Waals surface area contributed by atoms with Crippen LogP contribution in [-0.4, -0.2) is 70.0 Å². The second kappa shape index (κ2) is 12.6. The number of rotatable bonds is 7. The van der Waals surface area contributed by atoms with E-state index in [1.165, 1.54) is 5.56 Å². The van der Waals surface area contributed by atoms with Gasteiger partial charge in [0, 0.05) is 43.6 Å². The second-order valence-corrected chi connectivity index (χ2v) is 11.4. The molecule has 2 fully saturated rings. The summed E-state index contributed by atoms with van der Waals surface area (Å²) in [6.07, 6.45) is 7.01. The zero-order valence-electron chi connectivity index (χ0n) is 24.3. The van der Waals surface area contributed by atoms with Crippen LogP contribution in [0.15, 0.2) is 65.8 Å². The lowest BCUT2D eigenvalue weighted by molar-refractivity contribution is 0.0285. The molecule has 2 aromatic heterocycles. The molecular weight excluding hydrogens is 530 g/mol. The maximum atomic E-state index is 13.6. The molecule has 9 nitrogen and oxygen atoms in total. The van der Waals surface area contributed by atoms with Gasteiger partial charge in [-0.1, -0.05) is 18.2 Å². The van der Waals surface area contributed by atoms with Crippen molar-refractivity contribution < 1.29 is 19.4 Å². The van der Waals surface area contributed by atoms with E-state index in [-0.39, 0.29) is 24.2 Å². The molecule has 1 atom stereocenters. The number of amides is 1. The van der Waals surface area contributed by atoms with Crippen molar-refractivity contribution in [3.05, 3.63) is 77.5 Å². The van der Waals surface area contributed by atoms with Gasteiger partial charge in [0.25, 0.3) is 5.91 Å². The van der Waals surface area contributed by atoms with Crippen LogP contribution in [0.4, 0.5) is 0 Å². The minimum absolute atomic E-state index is 0.144. The van der Waals surface area contributed by atoms with Crippen LogP contribution in [0.3, 0.4) is 0 Å². The van der Waals surface area contributed by atoms with Crippen LogP contribution in [0.2, 0.25) is 0 Å². The molecule has 1 aliphatic carbocycles. The minimum atomic E-state index is -0.344. The number of imidazole rings is 1. The van der Waals surface area contributed by atoms with Gasteiger partial charge in [0.15, 0.2) is 0 Å². The molecule has 1 unspecified atom stereocenters. The quantitative estimate of drug-likeness (QED) is 0.329. The second-order valence-electron chi connectivity index (χ2n) is 11.4. The van der Waals surface area contributed by atoms with Crippen LogP contribution in [0.25, 0.3) is 22.3 Å². The Morgan fingerprint density at radius 3 is 2.71 bits per heavy atom. The maximum absolute atomic E-state index is 13.6. The maximum Gasteiger partial charge on any atom is 0.280 e. The van der Waals surface area contributed by atoms with Gasteiger partial charge in [-0.15, -0.1) is 0 Å². The fourth-order valence-electron chi connectivity index (χ4n) is 6.39. The Bertz CT molecular complexity index is 1620. The van der Waals surface area contributed by atoms with Gasteiger partial charge in [-0.25, -0.2) is 0 Å². The van der Waals surface area contributed by atoms with Crippen LogP contribution in [-0.2, 0) is 11.3 Å². The molecule has 1 aliphatic heterocycles. The number of nitrogens with zero attached hydrogens (tertiary/aromatic N) is 4. The van der Waals surface area contributed by atoms with E-state index < -0.39 is 0 Å². The van der Waals surface area contributed by atoms with E-state index in [1.807, 2.05) is 24.3 Å². The molecule has 220 valence electrons. The number of aliphatic hydroxyl groups excluding tert-OH is 1. The minimum Gasteiger partial charge on any atom is -0.496 e. The predicted octanol–water partition coefficient (Wildman–Crippen LogP) is 4.87. The Kier molecular flexibility index (Phi) is 8.51. The number of pyridine rings is 1. The molecule has 42 heavy (non-hydrogen) atoms. The van der Waals surface area contributed by atoms with Crippen LogP contribution < -0.4 is 10.4 Å². The van der Waals surface area contributed by atoms with Gasteiger partial charge in [0.2, 0.25) is 5.62 Å². The SMILES string of the molecule is COc1ccccc1-c1cc(C(=O)/N=c2\[nH]c3cc(CN4CCCC(OC)C4)ccc3n2[C@H]2CC[C@@H](O)CC2)ccn1. The summed E-state index contributed by atoms with van der Waals surface area (Å²) >= 11 is 0. The van der Waals surface area contributed by atoms with E-state index in [1.54, 1.807) is 32.5 Å². The van der Waals surface area contributed by atoms with Crippen molar-refractivity contribution >= 4 is 16.9 Å². The smallest absolute Gasteiger partial charge is 0.280 e. The van der Waals surface area contributed by atoms with Gasteiger partial charge in [0.05, 0.1) is 36.0 Å². The van der Waals surface area contributed by atoms with Gasteiger partial charge in [-0.2, -0.15) is 4.99 Å². The average molecular weight is 570 g/mol. The summed E-state index contributed by atoms with van der Waals surface area (Å²) in [6, 6.07) is 17.7. The van der Waals surface area contributed by atoms with Gasteiger partial charge in [-0.05, 0) is 87.0 Å². The van der Waals surface area contributed by atoms with Gasteiger partial charge >= 0.3 is 0 Å². The van der Waals surface area contributed by atoms with E-state index >= 15 is 0 Å². The normalized spacial score (nSPS) is 22.0. The number of fused-ring (bicyclic) bond motifs is 1. The van der Waals surface area contributed by atoms with Crippen molar-refractivity contribution in [3.8, 4) is 17.0 Å². The average Bonchev–Trinajstić information content (AvgIpc) is 3.38. The number of carbonyl (C=O) groups is 1. The highest BCUT2D eigenvalue weighted by molar-refractivity contribution is 5.96. The molecule has 1 saturated heterocycles. The molecule has 6 rings (SSSR count). The topological polar surface area (TPSA) is 105 Å². The number of H-pyrrole nitrogens is 1. The summed E-state index contributed by atoms with van der Waals surface area (Å²) in [5, 5.41) is 10.2. The van der Waals surface area contributed by atoms with E-state index in [0.29, 0.717) is 22.6 Å². The number of hydrogen-bond acceptors (Lipinski definition) is 6. The summed E-state index contributed by atoms with van der Waals surface area (Å²) in [4.78, 5) is 28.6. The molecule has 3 heterocycles. The lowest BCUT2D eigenvalue weighted by atomic mass is 9.93. The van der Waals surface area contributed by atoms with Crippen LogP contribution in [0, 0.1) is 0 Å². The number of hydrogen-bond donors (Lipinski definition) is 2. The van der Waals surface area contributed by atoms with Crippen molar-refractivity contribution in [2.75, 3.05) is 27.3 Å². The van der Waals surface area contributed by atoms with E-state index in [0.717, 1.165) is 74.8 Å². The first-order valence-electron chi connectivity index (χ1n) is 14.9. The molecular formula is C33H39N5O4. The number of ether oxygens (including phenoxy) is 2. The number of benzene rings is 2. The summed E-state index contributed by atoms with van der Waals surface area (Å²) in [7, 11) is 3.41. The Morgan fingerprint density at radius 1 is 1.07 bits per heavy atom. The standard InChI is InChI=1S/C33H39N5O4/c1-41-26-6-5-17-37(21-26)20-22-9-14-30-29(18-22)35-33(38(30)24-10-12-25(39)13-11-24)36-32(40)23-15-16-34-28(19-23)27-7-3-4-8-31(27)42-2/h3-4,7-9,14-16,18-19,24-26,39H,5-6,10-13,17,20-21H2,1-2H3,(H,35,36,40)/t24-,25+,26?. The van der Waals surface area contributed by atoms with Gasteiger partial charge in [0.1, 0.15) is 5.75 Å². The monoisotopic (exact) mass is 569 g/mol. The largest absolute Gasteiger partial charge is 0.496 e. The highest BCUT2D eigenvalue weighted by Crippen LogP contribution is 2.31. The number of aromatic nitrogens is 3. The van der Waals surface area contributed by atoms with Crippen LogP contribution in [0.5, 0.6) is 5.75 Å². The molecule has 2 aliphatic rings. The number of nitrogens with one attached hydrogen (secondary N) is 1. The molecule has 4 aromatic rings. The Morgan fingerprint density at radius 2 is 1.90 bits per heavy atom. The zero-order valence-corrected chi connectivity index (χ0v) is 24.3. The van der Waals surface area contributed by atoms with E-state index in [9.17, 15) is 9.90 Å². The third kappa shape index (κ3) is 6.04. The lowest BCUT2D eigenvalue weighted by Crippen LogP contribution is -2.38. The Labute approximate surface area is 245 Å². The van der Waals surface area contributed by atoms with E-state index in [4.69, 9.17) is 9.47 Å². The highest BCUT2D eigenvalue weighted by Gasteiger charge is 2.24. The molecule has 1 saturated carbocycles. The van der Waals surface area contributed by atoms with Crippen molar-refractivity contribution in [2.45, 2.75) is 63.3 Å². The number of likely N-dealkylation sites (tertiary alicyclic amines) is 1. The first-order valence-corrected chi connectivity index (χ1v) is 14.9.